The molecule has 0 aromatic carbocycles. The summed E-state index contributed by atoms with van der Waals surface area (Å²) in [7, 11) is 0. The first-order valence-electron chi connectivity index (χ1n) is 6.23. The Labute approximate surface area is 97.4 Å². The fraction of sp³-hybridized carbons (Fsp3) is 0.615. The molecule has 1 saturated carbocycles. The third-order valence-corrected chi connectivity index (χ3v) is 3.36. The zero-order chi connectivity index (χ0) is 11.2. The third-order valence-electron chi connectivity index (χ3n) is 3.36. The highest BCUT2D eigenvalue weighted by Crippen LogP contribution is 2.34. The molecule has 1 aromatic rings. The maximum absolute atomic E-state index is 5.58. The lowest BCUT2D eigenvalue weighted by Gasteiger charge is -2.15. The second-order valence-corrected chi connectivity index (χ2v) is 4.78. The molecule has 1 aliphatic rings. The Morgan fingerprint density at radius 3 is 2.94 bits per heavy atom. The number of hydrogen-bond acceptors (Lipinski definition) is 3. The maximum Gasteiger partial charge on any atom is 0.0299 e. The van der Waals surface area contributed by atoms with Gasteiger partial charge in [0.2, 0.25) is 0 Å². The lowest BCUT2D eigenvalue weighted by molar-refractivity contribution is 0.439. The minimum absolute atomic E-state index is 0.459. The van der Waals surface area contributed by atoms with Gasteiger partial charge >= 0.3 is 0 Å². The molecule has 88 valence electrons. The van der Waals surface area contributed by atoms with Crippen LogP contribution in [0.5, 0.6) is 0 Å². The van der Waals surface area contributed by atoms with Crippen LogP contribution >= 0.6 is 0 Å². The van der Waals surface area contributed by atoms with Gasteiger partial charge in [0.1, 0.15) is 0 Å². The number of rotatable bonds is 7. The number of nitrogens with one attached hydrogen (secondary N) is 1. The average Bonchev–Trinajstić information content (AvgIpc) is 3.15. The Bertz CT molecular complexity index is 295. The average molecular weight is 219 g/mol. The topological polar surface area (TPSA) is 50.9 Å². The lowest BCUT2D eigenvalue weighted by Crippen LogP contribution is -2.35. The van der Waals surface area contributed by atoms with Crippen molar-refractivity contribution in [1.82, 2.24) is 10.4 Å². The minimum Gasteiger partial charge on any atom is -0.271 e. The molecule has 0 bridgehead atoms. The van der Waals surface area contributed by atoms with Crippen LogP contribution in [-0.4, -0.2) is 11.0 Å². The van der Waals surface area contributed by atoms with Crippen LogP contribution in [0.3, 0.4) is 0 Å². The SMILES string of the molecule is NNC(CCc1cccnc1)CCC1CC1. The van der Waals surface area contributed by atoms with Gasteiger partial charge in [-0.3, -0.25) is 16.3 Å². The van der Waals surface area contributed by atoms with Gasteiger partial charge in [0.15, 0.2) is 0 Å². The Morgan fingerprint density at radius 1 is 1.44 bits per heavy atom. The Balaban J connectivity index is 1.69. The van der Waals surface area contributed by atoms with Gasteiger partial charge < -0.3 is 0 Å². The first-order chi connectivity index (χ1) is 7.88. The number of aryl methyl sites for hydroxylation is 1. The second-order valence-electron chi connectivity index (χ2n) is 4.78. The van der Waals surface area contributed by atoms with Crippen molar-refractivity contribution in [1.29, 1.82) is 0 Å². The molecule has 1 aliphatic carbocycles. The van der Waals surface area contributed by atoms with Crippen LogP contribution < -0.4 is 11.3 Å². The van der Waals surface area contributed by atoms with E-state index in [4.69, 9.17) is 5.84 Å². The van der Waals surface area contributed by atoms with Gasteiger partial charge in [-0.15, -0.1) is 0 Å². The summed E-state index contributed by atoms with van der Waals surface area (Å²) >= 11 is 0. The van der Waals surface area contributed by atoms with E-state index in [9.17, 15) is 0 Å². The molecule has 1 fully saturated rings. The van der Waals surface area contributed by atoms with E-state index in [0.29, 0.717) is 6.04 Å². The smallest absolute Gasteiger partial charge is 0.0299 e. The van der Waals surface area contributed by atoms with Crippen molar-refractivity contribution in [3.05, 3.63) is 30.1 Å². The van der Waals surface area contributed by atoms with Crippen LogP contribution in [0.15, 0.2) is 24.5 Å². The maximum atomic E-state index is 5.58. The van der Waals surface area contributed by atoms with Gasteiger partial charge in [-0.1, -0.05) is 18.9 Å². The molecule has 1 aromatic heterocycles. The van der Waals surface area contributed by atoms with Crippen LogP contribution in [0.4, 0.5) is 0 Å². The van der Waals surface area contributed by atoms with E-state index in [0.717, 1.165) is 18.8 Å². The highest BCUT2D eigenvalue weighted by Gasteiger charge is 2.22. The van der Waals surface area contributed by atoms with Gasteiger partial charge in [-0.25, -0.2) is 0 Å². The molecule has 1 atom stereocenters. The predicted octanol–water partition coefficient (Wildman–Crippen LogP) is 2.04. The van der Waals surface area contributed by atoms with Gasteiger partial charge in [0.25, 0.3) is 0 Å². The normalized spacial score (nSPS) is 17.3. The first kappa shape index (κ1) is 11.6. The standard InChI is InChI=1S/C13H21N3/c14-16-13(7-5-11-3-4-11)8-6-12-2-1-9-15-10-12/h1-2,9-11,13,16H,3-8,14H2. The number of pyridine rings is 1. The molecule has 3 N–H and O–H groups in total. The summed E-state index contributed by atoms with van der Waals surface area (Å²) in [5.74, 6) is 6.57. The summed E-state index contributed by atoms with van der Waals surface area (Å²) in [6.45, 7) is 0. The molecular weight excluding hydrogens is 198 g/mol. The lowest BCUT2D eigenvalue weighted by atomic mass is 10.0. The molecule has 2 rings (SSSR count). The monoisotopic (exact) mass is 219 g/mol. The van der Waals surface area contributed by atoms with E-state index in [1.807, 2.05) is 18.5 Å². The second kappa shape index (κ2) is 5.97. The van der Waals surface area contributed by atoms with Crippen molar-refractivity contribution in [2.45, 2.75) is 44.6 Å². The van der Waals surface area contributed by atoms with Gasteiger partial charge in [-0.2, -0.15) is 0 Å². The predicted molar refractivity (Wildman–Crippen MR) is 65.6 cm³/mol. The fourth-order valence-electron chi connectivity index (χ4n) is 2.04. The Kier molecular flexibility index (Phi) is 4.31. The van der Waals surface area contributed by atoms with Crippen molar-refractivity contribution >= 4 is 0 Å². The van der Waals surface area contributed by atoms with Crippen molar-refractivity contribution in [3.8, 4) is 0 Å². The number of hydrogen-bond donors (Lipinski definition) is 2. The van der Waals surface area contributed by atoms with Crippen molar-refractivity contribution in [2.24, 2.45) is 11.8 Å². The summed E-state index contributed by atoms with van der Waals surface area (Å²) in [5, 5.41) is 0. The fourth-order valence-corrected chi connectivity index (χ4v) is 2.04. The van der Waals surface area contributed by atoms with Gasteiger partial charge in [-0.05, 0) is 43.2 Å². The van der Waals surface area contributed by atoms with Crippen LogP contribution in [0.2, 0.25) is 0 Å². The molecule has 0 amide bonds. The van der Waals surface area contributed by atoms with Crippen LogP contribution in [0, 0.1) is 5.92 Å². The highest BCUT2D eigenvalue weighted by atomic mass is 15.2. The molecular formula is C13H21N3. The molecule has 16 heavy (non-hydrogen) atoms. The van der Waals surface area contributed by atoms with Gasteiger partial charge in [0, 0.05) is 18.4 Å². The van der Waals surface area contributed by atoms with E-state index in [1.165, 1.54) is 31.2 Å². The minimum atomic E-state index is 0.459. The summed E-state index contributed by atoms with van der Waals surface area (Å²) in [4.78, 5) is 4.12. The molecule has 0 spiro atoms. The highest BCUT2D eigenvalue weighted by molar-refractivity contribution is 5.08. The molecule has 3 nitrogen and oxygen atoms in total. The number of nitrogens with zero attached hydrogens (tertiary/aromatic N) is 1. The summed E-state index contributed by atoms with van der Waals surface area (Å²) < 4.78 is 0. The molecule has 0 saturated heterocycles. The molecule has 3 heteroatoms. The number of aromatic nitrogens is 1. The Hall–Kier alpha value is -0.930. The largest absolute Gasteiger partial charge is 0.271 e. The third kappa shape index (κ3) is 3.91. The summed E-state index contributed by atoms with van der Waals surface area (Å²) in [6.07, 6.45) is 11.3. The van der Waals surface area contributed by atoms with Crippen molar-refractivity contribution < 1.29 is 0 Å². The molecule has 1 heterocycles. The molecule has 1 unspecified atom stereocenters. The van der Waals surface area contributed by atoms with Crippen molar-refractivity contribution in [3.63, 3.8) is 0 Å². The van der Waals surface area contributed by atoms with E-state index in [-0.39, 0.29) is 0 Å². The number of nitrogens with two attached hydrogens (primary N) is 1. The van der Waals surface area contributed by atoms with E-state index in [1.54, 1.807) is 0 Å². The van der Waals surface area contributed by atoms with Crippen LogP contribution in [0.1, 0.15) is 37.7 Å². The molecule has 0 aliphatic heterocycles. The van der Waals surface area contributed by atoms with Crippen LogP contribution in [0.25, 0.3) is 0 Å². The number of hydrazine groups is 1. The first-order valence-corrected chi connectivity index (χ1v) is 6.23. The summed E-state index contributed by atoms with van der Waals surface area (Å²) in [6, 6.07) is 4.58. The van der Waals surface area contributed by atoms with Crippen molar-refractivity contribution in [2.75, 3.05) is 0 Å². The zero-order valence-corrected chi connectivity index (χ0v) is 9.73. The van der Waals surface area contributed by atoms with E-state index < -0.39 is 0 Å². The summed E-state index contributed by atoms with van der Waals surface area (Å²) in [5.41, 5.74) is 4.24. The van der Waals surface area contributed by atoms with E-state index >= 15 is 0 Å². The van der Waals surface area contributed by atoms with Gasteiger partial charge in [0.05, 0.1) is 0 Å². The zero-order valence-electron chi connectivity index (χ0n) is 9.73. The Morgan fingerprint density at radius 2 is 2.31 bits per heavy atom. The molecule has 0 radical (unpaired) electrons. The van der Waals surface area contributed by atoms with Crippen LogP contribution in [-0.2, 0) is 6.42 Å². The van der Waals surface area contributed by atoms with E-state index in [2.05, 4.69) is 16.5 Å². The quantitative estimate of drug-likeness (QED) is 0.545.